The van der Waals surface area contributed by atoms with Gasteiger partial charge in [0, 0.05) is 10.7 Å². The summed E-state index contributed by atoms with van der Waals surface area (Å²) in [7, 11) is 0. The summed E-state index contributed by atoms with van der Waals surface area (Å²) in [6.07, 6.45) is 7.55. The van der Waals surface area contributed by atoms with Gasteiger partial charge in [0.25, 0.3) is 0 Å². The molecule has 0 spiro atoms. The summed E-state index contributed by atoms with van der Waals surface area (Å²) in [5.41, 5.74) is 2.96. The van der Waals surface area contributed by atoms with Crippen LogP contribution in [-0.4, -0.2) is 18.3 Å². The smallest absolute Gasteiger partial charge is 0.238 e. The van der Waals surface area contributed by atoms with Gasteiger partial charge in [-0.3, -0.25) is 9.69 Å². The number of unbranched alkanes of at least 4 members (excludes halogenated alkanes) is 5. The first kappa shape index (κ1) is 22.0. The lowest BCUT2D eigenvalue weighted by molar-refractivity contribution is -0.115. The summed E-state index contributed by atoms with van der Waals surface area (Å²) in [4.78, 5) is 14.4. The number of hydrogen-bond donors (Lipinski definition) is 0. The van der Waals surface area contributed by atoms with E-state index in [9.17, 15) is 4.79 Å². The Balaban J connectivity index is 1.58. The first-order valence-electron chi connectivity index (χ1n) is 10.5. The Morgan fingerprint density at radius 1 is 1.07 bits per heavy atom. The fourth-order valence-electron chi connectivity index (χ4n) is 3.48. The maximum absolute atomic E-state index is 12.5. The van der Waals surface area contributed by atoms with E-state index in [0.717, 1.165) is 35.6 Å². The SMILES string of the molecule is CCCCCCCCOc1ccc([C@H]2SCC(=O)N2c2ccc(C)c(Cl)c2)cc1. The zero-order valence-corrected chi connectivity index (χ0v) is 18.9. The number of benzene rings is 2. The van der Waals surface area contributed by atoms with E-state index in [1.165, 1.54) is 32.1 Å². The number of amides is 1. The third kappa shape index (κ3) is 5.93. The van der Waals surface area contributed by atoms with Gasteiger partial charge in [0.05, 0.1) is 12.4 Å². The predicted octanol–water partition coefficient (Wildman–Crippen LogP) is 7.17. The highest BCUT2D eigenvalue weighted by atomic mass is 35.5. The number of halogens is 1. The van der Waals surface area contributed by atoms with E-state index in [0.29, 0.717) is 10.8 Å². The number of hydrogen-bond acceptors (Lipinski definition) is 3. The molecule has 1 heterocycles. The van der Waals surface area contributed by atoms with Crippen LogP contribution in [0.4, 0.5) is 5.69 Å². The number of rotatable bonds is 10. The van der Waals surface area contributed by atoms with Crippen LogP contribution >= 0.6 is 23.4 Å². The number of thioether (sulfide) groups is 1. The molecule has 29 heavy (non-hydrogen) atoms. The maximum atomic E-state index is 12.5. The van der Waals surface area contributed by atoms with Gasteiger partial charge in [-0.1, -0.05) is 68.8 Å². The third-order valence-electron chi connectivity index (χ3n) is 5.23. The Bertz CT molecular complexity index is 809. The van der Waals surface area contributed by atoms with Gasteiger partial charge in [-0.15, -0.1) is 11.8 Å². The summed E-state index contributed by atoms with van der Waals surface area (Å²) in [6.45, 7) is 4.96. The van der Waals surface area contributed by atoms with Gasteiger partial charge in [-0.2, -0.15) is 0 Å². The van der Waals surface area contributed by atoms with Crippen LogP contribution in [0.25, 0.3) is 0 Å². The van der Waals surface area contributed by atoms with Crippen molar-refractivity contribution in [2.75, 3.05) is 17.3 Å². The van der Waals surface area contributed by atoms with E-state index in [1.54, 1.807) is 11.8 Å². The fourth-order valence-corrected chi connectivity index (χ4v) is 4.83. The molecule has 156 valence electrons. The average Bonchev–Trinajstić information content (AvgIpc) is 3.11. The maximum Gasteiger partial charge on any atom is 0.238 e. The largest absolute Gasteiger partial charge is 0.494 e. The Hall–Kier alpha value is -1.65. The van der Waals surface area contributed by atoms with E-state index >= 15 is 0 Å². The first-order chi connectivity index (χ1) is 14.1. The summed E-state index contributed by atoms with van der Waals surface area (Å²) in [5, 5.41) is 0.651. The molecule has 1 aliphatic rings. The van der Waals surface area contributed by atoms with Gasteiger partial charge in [-0.05, 0) is 48.7 Å². The van der Waals surface area contributed by atoms with Crippen LogP contribution in [-0.2, 0) is 4.79 Å². The predicted molar refractivity (Wildman–Crippen MR) is 124 cm³/mol. The molecule has 0 N–H and O–H groups in total. The average molecular weight is 432 g/mol. The zero-order valence-electron chi connectivity index (χ0n) is 17.3. The number of aryl methyl sites for hydroxylation is 1. The van der Waals surface area contributed by atoms with Gasteiger partial charge < -0.3 is 4.74 Å². The number of ether oxygens (including phenoxy) is 1. The lowest BCUT2D eigenvalue weighted by Crippen LogP contribution is -2.27. The Labute approximate surface area is 183 Å². The van der Waals surface area contributed by atoms with E-state index in [4.69, 9.17) is 16.3 Å². The number of anilines is 1. The van der Waals surface area contributed by atoms with Crippen molar-refractivity contribution in [1.29, 1.82) is 0 Å². The van der Waals surface area contributed by atoms with Crippen molar-refractivity contribution < 1.29 is 9.53 Å². The minimum absolute atomic E-state index is 0.0334. The molecular formula is C24H30ClNO2S. The van der Waals surface area contributed by atoms with Crippen LogP contribution in [0.5, 0.6) is 5.75 Å². The summed E-state index contributed by atoms with van der Waals surface area (Å²) < 4.78 is 5.89. The second kappa shape index (κ2) is 10.9. The van der Waals surface area contributed by atoms with E-state index in [-0.39, 0.29) is 11.3 Å². The van der Waals surface area contributed by atoms with Crippen LogP contribution in [0.15, 0.2) is 42.5 Å². The number of nitrogens with zero attached hydrogens (tertiary/aromatic N) is 1. The van der Waals surface area contributed by atoms with Gasteiger partial charge in [-0.25, -0.2) is 0 Å². The summed E-state index contributed by atoms with van der Waals surface area (Å²) in [5.74, 6) is 1.48. The first-order valence-corrected chi connectivity index (χ1v) is 12.0. The van der Waals surface area contributed by atoms with Crippen LogP contribution in [0.3, 0.4) is 0 Å². The molecule has 0 aromatic heterocycles. The molecule has 1 atom stereocenters. The number of carbonyl (C=O) groups is 1. The minimum Gasteiger partial charge on any atom is -0.494 e. The van der Waals surface area contributed by atoms with E-state index in [1.807, 2.05) is 42.2 Å². The molecular weight excluding hydrogens is 402 g/mol. The van der Waals surface area contributed by atoms with Crippen molar-refractivity contribution in [3.05, 3.63) is 58.6 Å². The molecule has 0 aliphatic carbocycles. The van der Waals surface area contributed by atoms with E-state index in [2.05, 4.69) is 19.1 Å². The second-order valence-corrected chi connectivity index (χ2v) is 9.02. The van der Waals surface area contributed by atoms with Crippen molar-refractivity contribution in [3.63, 3.8) is 0 Å². The van der Waals surface area contributed by atoms with Crippen LogP contribution in [0.1, 0.15) is 61.9 Å². The Kier molecular flexibility index (Phi) is 8.31. The van der Waals surface area contributed by atoms with Crippen molar-refractivity contribution in [2.45, 2.75) is 57.7 Å². The molecule has 3 rings (SSSR count). The molecule has 1 saturated heterocycles. The van der Waals surface area contributed by atoms with Crippen molar-refractivity contribution >= 4 is 35.0 Å². The molecule has 2 aromatic rings. The number of carbonyl (C=O) groups excluding carboxylic acids is 1. The second-order valence-electron chi connectivity index (χ2n) is 7.55. The molecule has 3 nitrogen and oxygen atoms in total. The zero-order chi connectivity index (χ0) is 20.6. The van der Waals surface area contributed by atoms with Crippen LogP contribution in [0.2, 0.25) is 5.02 Å². The van der Waals surface area contributed by atoms with Gasteiger partial charge in [0.2, 0.25) is 5.91 Å². The Morgan fingerprint density at radius 3 is 2.52 bits per heavy atom. The molecule has 5 heteroatoms. The van der Waals surface area contributed by atoms with Crippen LogP contribution < -0.4 is 9.64 Å². The molecule has 1 amide bonds. The lowest BCUT2D eigenvalue weighted by atomic mass is 10.1. The van der Waals surface area contributed by atoms with Crippen LogP contribution in [0, 0.1) is 6.92 Å². The Morgan fingerprint density at radius 2 is 1.79 bits per heavy atom. The molecule has 0 radical (unpaired) electrons. The molecule has 1 aliphatic heterocycles. The molecule has 0 saturated carbocycles. The third-order valence-corrected chi connectivity index (χ3v) is 6.85. The quantitative estimate of drug-likeness (QED) is 0.373. The monoisotopic (exact) mass is 431 g/mol. The highest BCUT2D eigenvalue weighted by molar-refractivity contribution is 8.00. The summed E-state index contributed by atoms with van der Waals surface area (Å²) >= 11 is 7.93. The van der Waals surface area contributed by atoms with E-state index < -0.39 is 0 Å². The van der Waals surface area contributed by atoms with Gasteiger partial charge >= 0.3 is 0 Å². The van der Waals surface area contributed by atoms with Gasteiger partial charge in [0.15, 0.2) is 0 Å². The molecule has 1 fully saturated rings. The highest BCUT2D eigenvalue weighted by Crippen LogP contribution is 2.42. The van der Waals surface area contributed by atoms with Crippen molar-refractivity contribution in [2.24, 2.45) is 0 Å². The van der Waals surface area contributed by atoms with Crippen molar-refractivity contribution in [3.8, 4) is 5.75 Å². The standard InChI is InChI=1S/C24H30ClNO2S/c1-3-4-5-6-7-8-15-28-21-13-10-19(11-14-21)24-26(23(27)17-29-24)20-12-9-18(2)22(25)16-20/h9-14,16,24H,3-8,15,17H2,1-2H3/t24-/m1/s1. The fraction of sp³-hybridized carbons (Fsp3) is 0.458. The molecule has 0 bridgehead atoms. The highest BCUT2D eigenvalue weighted by Gasteiger charge is 2.34. The molecule has 0 unspecified atom stereocenters. The van der Waals surface area contributed by atoms with Gasteiger partial charge in [0.1, 0.15) is 11.1 Å². The summed E-state index contributed by atoms with van der Waals surface area (Å²) in [6, 6.07) is 14.0. The molecule has 2 aromatic carbocycles. The normalized spacial score (nSPS) is 16.4. The lowest BCUT2D eigenvalue weighted by Gasteiger charge is -2.25. The topological polar surface area (TPSA) is 29.5 Å². The minimum atomic E-state index is -0.0334. The van der Waals surface area contributed by atoms with Crippen molar-refractivity contribution in [1.82, 2.24) is 0 Å².